The molecule has 0 fully saturated rings. The summed E-state index contributed by atoms with van der Waals surface area (Å²) >= 11 is 0. The Labute approximate surface area is 154 Å². The van der Waals surface area contributed by atoms with Gasteiger partial charge in [0.1, 0.15) is 11.4 Å². The summed E-state index contributed by atoms with van der Waals surface area (Å²) in [5.41, 5.74) is 0.636. The van der Waals surface area contributed by atoms with Gasteiger partial charge >= 0.3 is 0 Å². The second-order valence-corrected chi connectivity index (χ2v) is 6.00. The average molecular weight is 367 g/mol. The van der Waals surface area contributed by atoms with E-state index in [0.29, 0.717) is 5.76 Å². The Kier molecular flexibility index (Phi) is 5.16. The van der Waals surface area contributed by atoms with E-state index in [1.807, 2.05) is 13.8 Å². The van der Waals surface area contributed by atoms with Crippen LogP contribution in [0.5, 0.6) is 5.75 Å². The Morgan fingerprint density at radius 1 is 1.19 bits per heavy atom. The molecule has 1 amide bonds. The number of hydrogen-bond acceptors (Lipinski definition) is 6. The van der Waals surface area contributed by atoms with E-state index in [1.54, 1.807) is 30.3 Å². The lowest BCUT2D eigenvalue weighted by molar-refractivity contribution is -0.383. The molecule has 2 aromatic carbocycles. The number of nitrogens with zero attached hydrogens (tertiary/aromatic N) is 2. The van der Waals surface area contributed by atoms with Gasteiger partial charge < -0.3 is 14.6 Å². The first-order valence-corrected chi connectivity index (χ1v) is 8.22. The molecule has 27 heavy (non-hydrogen) atoms. The van der Waals surface area contributed by atoms with Gasteiger partial charge in [-0.05, 0) is 44.2 Å². The molecule has 0 aliphatic carbocycles. The zero-order valence-electron chi connectivity index (χ0n) is 14.7. The van der Waals surface area contributed by atoms with Crippen molar-refractivity contribution in [1.29, 1.82) is 0 Å². The van der Waals surface area contributed by atoms with Gasteiger partial charge in [0.25, 0.3) is 11.6 Å². The van der Waals surface area contributed by atoms with Gasteiger partial charge in [0.2, 0.25) is 0 Å². The number of carbonyl (C=O) groups excluding carboxylic acids is 1. The van der Waals surface area contributed by atoms with Gasteiger partial charge in [-0.2, -0.15) is 0 Å². The van der Waals surface area contributed by atoms with Crippen molar-refractivity contribution in [3.05, 3.63) is 70.4 Å². The fraction of sp³-hybridized carbons (Fsp3) is 0.158. The molecule has 0 spiro atoms. The normalized spacial score (nSPS) is 10.6. The minimum absolute atomic E-state index is 0.0191. The van der Waals surface area contributed by atoms with Crippen LogP contribution >= 0.6 is 0 Å². The van der Waals surface area contributed by atoms with Crippen LogP contribution in [0.25, 0.3) is 11.3 Å². The van der Waals surface area contributed by atoms with E-state index in [9.17, 15) is 14.9 Å². The molecule has 0 saturated carbocycles. The Morgan fingerprint density at radius 3 is 2.56 bits per heavy atom. The number of amides is 1. The molecule has 0 unspecified atom stereocenters. The smallest absolute Gasteiger partial charge is 0.292 e. The second kappa shape index (κ2) is 7.69. The van der Waals surface area contributed by atoms with E-state index in [-0.39, 0.29) is 23.2 Å². The van der Waals surface area contributed by atoms with Gasteiger partial charge in [-0.25, -0.2) is 0 Å². The third-order valence-electron chi connectivity index (χ3n) is 3.60. The molecule has 0 saturated heterocycles. The molecule has 8 nitrogen and oxygen atoms in total. The van der Waals surface area contributed by atoms with Gasteiger partial charge in [-0.1, -0.05) is 17.3 Å². The first kappa shape index (κ1) is 18.1. The minimum atomic E-state index is -0.598. The summed E-state index contributed by atoms with van der Waals surface area (Å²) < 4.78 is 10.8. The Bertz CT molecular complexity index is 963. The van der Waals surface area contributed by atoms with Crippen LogP contribution in [-0.4, -0.2) is 22.1 Å². The first-order chi connectivity index (χ1) is 12.9. The van der Waals surface area contributed by atoms with Gasteiger partial charge in [0.05, 0.1) is 11.0 Å². The van der Waals surface area contributed by atoms with E-state index < -0.39 is 10.8 Å². The van der Waals surface area contributed by atoms with Gasteiger partial charge in [0, 0.05) is 17.7 Å². The summed E-state index contributed by atoms with van der Waals surface area (Å²) in [5.74, 6) is 0.528. The van der Waals surface area contributed by atoms with Gasteiger partial charge in [-0.15, -0.1) is 0 Å². The number of nitro benzene ring substituents is 1. The Morgan fingerprint density at radius 2 is 1.89 bits per heavy atom. The molecule has 1 heterocycles. The second-order valence-electron chi connectivity index (χ2n) is 6.00. The quantitative estimate of drug-likeness (QED) is 0.514. The third kappa shape index (κ3) is 4.30. The number of nitro groups is 1. The molecule has 3 rings (SSSR count). The van der Waals surface area contributed by atoms with E-state index in [4.69, 9.17) is 9.26 Å². The largest absolute Gasteiger partial charge is 0.491 e. The van der Waals surface area contributed by atoms with Crippen molar-refractivity contribution in [3.63, 3.8) is 0 Å². The predicted molar refractivity (Wildman–Crippen MR) is 98.8 cm³/mol. The maximum atomic E-state index is 12.3. The third-order valence-corrected chi connectivity index (χ3v) is 3.60. The lowest BCUT2D eigenvalue weighted by atomic mass is 10.1. The van der Waals surface area contributed by atoms with Crippen LogP contribution in [0.1, 0.15) is 24.3 Å². The highest BCUT2D eigenvalue weighted by Gasteiger charge is 2.19. The van der Waals surface area contributed by atoms with Crippen molar-refractivity contribution in [2.45, 2.75) is 20.0 Å². The van der Waals surface area contributed by atoms with Crippen molar-refractivity contribution in [1.82, 2.24) is 5.16 Å². The summed E-state index contributed by atoms with van der Waals surface area (Å²) in [6.45, 7) is 3.87. The number of hydrogen-bond donors (Lipinski definition) is 1. The van der Waals surface area contributed by atoms with Crippen molar-refractivity contribution >= 4 is 17.3 Å². The van der Waals surface area contributed by atoms with Crippen LogP contribution in [0.15, 0.2) is 59.1 Å². The van der Waals surface area contributed by atoms with Crippen LogP contribution in [0.4, 0.5) is 11.4 Å². The zero-order chi connectivity index (χ0) is 19.4. The fourth-order valence-electron chi connectivity index (χ4n) is 2.41. The fourth-order valence-corrected chi connectivity index (χ4v) is 2.41. The van der Waals surface area contributed by atoms with E-state index in [0.717, 1.165) is 11.3 Å². The van der Waals surface area contributed by atoms with Crippen LogP contribution in [-0.2, 0) is 0 Å². The van der Waals surface area contributed by atoms with E-state index in [2.05, 4.69) is 10.5 Å². The number of rotatable bonds is 6. The SMILES string of the molecule is CC(C)Oc1ccc(-c2cc(C(=O)Nc3ccccc3[N+](=O)[O-])no2)cc1. The lowest BCUT2D eigenvalue weighted by Gasteiger charge is -2.09. The molecule has 0 aliphatic heterocycles. The highest BCUT2D eigenvalue weighted by Crippen LogP contribution is 2.26. The standard InChI is InChI=1S/C19H17N3O5/c1-12(2)26-14-9-7-13(8-10-14)18-11-16(21-27-18)19(23)20-15-5-3-4-6-17(15)22(24)25/h3-12H,1-2H3,(H,20,23). The number of aromatic nitrogens is 1. The summed E-state index contributed by atoms with van der Waals surface area (Å²) in [6, 6.07) is 14.5. The van der Waals surface area contributed by atoms with Crippen molar-refractivity contribution in [3.8, 4) is 17.1 Å². The number of ether oxygens (including phenoxy) is 1. The van der Waals surface area contributed by atoms with Crippen LogP contribution in [0.2, 0.25) is 0 Å². The van der Waals surface area contributed by atoms with E-state index in [1.165, 1.54) is 24.3 Å². The minimum Gasteiger partial charge on any atom is -0.491 e. The molecule has 8 heteroatoms. The zero-order valence-corrected chi connectivity index (χ0v) is 14.7. The number of nitrogens with one attached hydrogen (secondary N) is 1. The highest BCUT2D eigenvalue weighted by molar-refractivity contribution is 6.04. The maximum absolute atomic E-state index is 12.3. The van der Waals surface area contributed by atoms with Crippen molar-refractivity contribution < 1.29 is 19.0 Å². The summed E-state index contributed by atoms with van der Waals surface area (Å²) in [4.78, 5) is 22.8. The maximum Gasteiger partial charge on any atom is 0.292 e. The van der Waals surface area contributed by atoms with Gasteiger partial charge in [-0.3, -0.25) is 14.9 Å². The molecule has 0 radical (unpaired) electrons. The molecule has 138 valence electrons. The van der Waals surface area contributed by atoms with Crippen LogP contribution in [0.3, 0.4) is 0 Å². The highest BCUT2D eigenvalue weighted by atomic mass is 16.6. The summed E-state index contributed by atoms with van der Waals surface area (Å²) in [7, 11) is 0. The molecule has 1 aromatic heterocycles. The molecule has 1 N–H and O–H groups in total. The van der Waals surface area contributed by atoms with Crippen LogP contribution in [0, 0.1) is 10.1 Å². The number of carbonyl (C=O) groups is 1. The topological polar surface area (TPSA) is 108 Å². The summed E-state index contributed by atoms with van der Waals surface area (Å²) in [6.07, 6.45) is 0.0680. The summed E-state index contributed by atoms with van der Waals surface area (Å²) in [5, 5.41) is 17.3. The first-order valence-electron chi connectivity index (χ1n) is 8.22. The Hall–Kier alpha value is -3.68. The predicted octanol–water partition coefficient (Wildman–Crippen LogP) is 4.29. The molecule has 0 aliphatic rings. The molecular formula is C19H17N3O5. The molecule has 0 atom stereocenters. The number of para-hydroxylation sites is 2. The Balaban J connectivity index is 1.76. The number of anilines is 1. The van der Waals surface area contributed by atoms with Crippen molar-refractivity contribution in [2.75, 3.05) is 5.32 Å². The average Bonchev–Trinajstić information content (AvgIpc) is 3.12. The monoisotopic (exact) mass is 367 g/mol. The molecule has 3 aromatic rings. The van der Waals surface area contributed by atoms with Gasteiger partial charge in [0.15, 0.2) is 11.5 Å². The lowest BCUT2D eigenvalue weighted by Crippen LogP contribution is -2.13. The molecule has 0 bridgehead atoms. The molecular weight excluding hydrogens is 350 g/mol. The van der Waals surface area contributed by atoms with Crippen LogP contribution < -0.4 is 10.1 Å². The number of benzene rings is 2. The van der Waals surface area contributed by atoms with E-state index >= 15 is 0 Å². The van der Waals surface area contributed by atoms with Crippen molar-refractivity contribution in [2.24, 2.45) is 0 Å².